The molecule has 0 aromatic heterocycles. The second-order valence-corrected chi connectivity index (χ2v) is 5.55. The largest absolute Gasteiger partial charge is 0.271 e. The lowest BCUT2D eigenvalue weighted by Crippen LogP contribution is -2.38. The first kappa shape index (κ1) is 12.0. The van der Waals surface area contributed by atoms with Crippen molar-refractivity contribution in [3.8, 4) is 0 Å². The molecule has 1 aliphatic rings. The van der Waals surface area contributed by atoms with E-state index in [1.165, 1.54) is 12.5 Å². The van der Waals surface area contributed by atoms with Gasteiger partial charge in [0, 0.05) is 10.5 Å². The van der Waals surface area contributed by atoms with E-state index in [4.69, 9.17) is 5.84 Å². The third-order valence-corrected chi connectivity index (χ3v) is 3.74. The average molecular weight is 287 g/mol. The third kappa shape index (κ3) is 2.81. The highest BCUT2D eigenvalue weighted by Gasteiger charge is 2.38. The monoisotopic (exact) mass is 286 g/mol. The van der Waals surface area contributed by atoms with Gasteiger partial charge in [-0.2, -0.15) is 0 Å². The van der Waals surface area contributed by atoms with Crippen LogP contribution in [0.1, 0.15) is 18.9 Å². The molecule has 0 saturated heterocycles. The summed E-state index contributed by atoms with van der Waals surface area (Å²) in [5, 5.41) is 0. The minimum absolute atomic E-state index is 0.205. The predicted octanol–water partition coefficient (Wildman–Crippen LogP) is 2.62. The lowest BCUT2D eigenvalue weighted by Gasteiger charge is -2.15. The van der Waals surface area contributed by atoms with Crippen LogP contribution in [0.3, 0.4) is 0 Å². The molecule has 1 saturated carbocycles. The molecular formula is C12H16BrFN2. The number of nitrogens with two attached hydrogens (primary N) is 1. The van der Waals surface area contributed by atoms with E-state index < -0.39 is 0 Å². The highest BCUT2D eigenvalue weighted by atomic mass is 79.9. The maximum absolute atomic E-state index is 13.2. The van der Waals surface area contributed by atoms with Gasteiger partial charge in [-0.3, -0.25) is 11.3 Å². The van der Waals surface area contributed by atoms with E-state index in [1.54, 1.807) is 6.07 Å². The molecule has 4 heteroatoms. The summed E-state index contributed by atoms with van der Waals surface area (Å²) in [5.74, 6) is 6.71. The highest BCUT2D eigenvalue weighted by molar-refractivity contribution is 9.10. The highest BCUT2D eigenvalue weighted by Crippen LogP contribution is 2.41. The Morgan fingerprint density at radius 1 is 1.56 bits per heavy atom. The number of rotatable bonds is 4. The lowest BCUT2D eigenvalue weighted by molar-refractivity contribution is 0.453. The van der Waals surface area contributed by atoms with Gasteiger partial charge in [0.1, 0.15) is 5.82 Å². The summed E-state index contributed by atoms with van der Waals surface area (Å²) in [6.07, 6.45) is 1.99. The molecule has 2 rings (SSSR count). The van der Waals surface area contributed by atoms with Crippen LogP contribution >= 0.6 is 15.9 Å². The van der Waals surface area contributed by atoms with E-state index in [9.17, 15) is 4.39 Å². The van der Waals surface area contributed by atoms with Gasteiger partial charge in [0.25, 0.3) is 0 Å². The van der Waals surface area contributed by atoms with Crippen LogP contribution in [0, 0.1) is 17.7 Å². The van der Waals surface area contributed by atoms with Crippen LogP contribution in [0.25, 0.3) is 0 Å². The quantitative estimate of drug-likeness (QED) is 0.660. The van der Waals surface area contributed by atoms with Crippen molar-refractivity contribution in [2.24, 2.45) is 17.7 Å². The van der Waals surface area contributed by atoms with Crippen LogP contribution in [0.15, 0.2) is 22.7 Å². The number of hydrazine groups is 1. The Balaban J connectivity index is 2.06. The van der Waals surface area contributed by atoms with Gasteiger partial charge >= 0.3 is 0 Å². The smallest absolute Gasteiger partial charge is 0.124 e. The Hall–Kier alpha value is -0.450. The first-order chi connectivity index (χ1) is 7.60. The van der Waals surface area contributed by atoms with Gasteiger partial charge in [0.05, 0.1) is 0 Å². The fourth-order valence-electron chi connectivity index (χ4n) is 2.23. The maximum atomic E-state index is 13.2. The molecule has 0 aliphatic heterocycles. The number of hydrogen-bond acceptors (Lipinski definition) is 2. The molecule has 1 fully saturated rings. The maximum Gasteiger partial charge on any atom is 0.124 e. The first-order valence-corrected chi connectivity index (χ1v) is 6.30. The van der Waals surface area contributed by atoms with Crippen LogP contribution < -0.4 is 11.3 Å². The van der Waals surface area contributed by atoms with Crippen molar-refractivity contribution in [1.82, 2.24) is 5.43 Å². The molecule has 1 aromatic rings. The van der Waals surface area contributed by atoms with Crippen molar-refractivity contribution >= 4 is 15.9 Å². The number of nitrogens with one attached hydrogen (secondary N) is 1. The topological polar surface area (TPSA) is 38.0 Å². The van der Waals surface area contributed by atoms with Gasteiger partial charge in [-0.15, -0.1) is 0 Å². The summed E-state index contributed by atoms with van der Waals surface area (Å²) in [6.45, 7) is 2.22. The van der Waals surface area contributed by atoms with Crippen LogP contribution in [0.4, 0.5) is 4.39 Å². The first-order valence-electron chi connectivity index (χ1n) is 5.51. The van der Waals surface area contributed by atoms with Crippen molar-refractivity contribution in [2.45, 2.75) is 25.8 Å². The molecule has 0 spiro atoms. The zero-order valence-corrected chi connectivity index (χ0v) is 10.8. The molecule has 0 heterocycles. The Bertz CT molecular complexity index is 363. The third-order valence-electron chi connectivity index (χ3n) is 3.28. The molecule has 1 aromatic carbocycles. The fourth-order valence-corrected chi connectivity index (χ4v) is 2.74. The molecule has 3 atom stereocenters. The summed E-state index contributed by atoms with van der Waals surface area (Å²) in [7, 11) is 0. The van der Waals surface area contributed by atoms with Gasteiger partial charge < -0.3 is 0 Å². The predicted molar refractivity (Wildman–Crippen MR) is 66.2 cm³/mol. The molecule has 3 unspecified atom stereocenters. The summed E-state index contributed by atoms with van der Waals surface area (Å²) >= 11 is 3.30. The molecular weight excluding hydrogens is 271 g/mol. The Labute approximate surface area is 104 Å². The molecule has 1 aliphatic carbocycles. The average Bonchev–Trinajstić information content (AvgIpc) is 2.90. The van der Waals surface area contributed by atoms with Crippen LogP contribution in [-0.4, -0.2) is 6.04 Å². The molecule has 16 heavy (non-hydrogen) atoms. The van der Waals surface area contributed by atoms with E-state index >= 15 is 0 Å². The number of halogens is 2. The zero-order valence-electron chi connectivity index (χ0n) is 9.21. The van der Waals surface area contributed by atoms with Crippen molar-refractivity contribution in [3.05, 3.63) is 34.1 Å². The lowest BCUT2D eigenvalue weighted by atomic mass is 10.0. The van der Waals surface area contributed by atoms with Gasteiger partial charge in [-0.25, -0.2) is 4.39 Å². The summed E-state index contributed by atoms with van der Waals surface area (Å²) < 4.78 is 14.0. The zero-order chi connectivity index (χ0) is 11.7. The molecule has 3 N–H and O–H groups in total. The van der Waals surface area contributed by atoms with Crippen molar-refractivity contribution in [2.75, 3.05) is 0 Å². The van der Waals surface area contributed by atoms with E-state index in [-0.39, 0.29) is 11.9 Å². The van der Waals surface area contributed by atoms with Gasteiger partial charge in [-0.05, 0) is 48.4 Å². The minimum Gasteiger partial charge on any atom is -0.271 e. The molecule has 0 bridgehead atoms. The Morgan fingerprint density at radius 3 is 2.75 bits per heavy atom. The molecule has 88 valence electrons. The number of hydrogen-bond donors (Lipinski definition) is 2. The minimum atomic E-state index is -0.205. The van der Waals surface area contributed by atoms with E-state index in [0.717, 1.165) is 22.4 Å². The Kier molecular flexibility index (Phi) is 3.62. The molecule has 0 amide bonds. The fraction of sp³-hybridized carbons (Fsp3) is 0.500. The van der Waals surface area contributed by atoms with Crippen molar-refractivity contribution < 1.29 is 4.39 Å². The summed E-state index contributed by atoms with van der Waals surface area (Å²) in [4.78, 5) is 0. The Morgan fingerprint density at radius 2 is 2.25 bits per heavy atom. The summed E-state index contributed by atoms with van der Waals surface area (Å²) in [6, 6.07) is 5.24. The van der Waals surface area contributed by atoms with Crippen LogP contribution in [0.5, 0.6) is 0 Å². The van der Waals surface area contributed by atoms with E-state index in [1.807, 2.05) is 6.07 Å². The normalized spacial score (nSPS) is 25.5. The summed E-state index contributed by atoms with van der Waals surface area (Å²) in [5.41, 5.74) is 3.82. The van der Waals surface area contributed by atoms with Gasteiger partial charge in [0.2, 0.25) is 0 Å². The van der Waals surface area contributed by atoms with E-state index in [0.29, 0.717) is 5.92 Å². The van der Waals surface area contributed by atoms with Crippen LogP contribution in [0.2, 0.25) is 0 Å². The van der Waals surface area contributed by atoms with Crippen molar-refractivity contribution in [3.63, 3.8) is 0 Å². The van der Waals surface area contributed by atoms with Crippen molar-refractivity contribution in [1.29, 1.82) is 0 Å². The number of benzene rings is 1. The standard InChI is InChI=1S/C12H16BrFN2/c1-7-2-11(7)12(16-15)5-8-3-9(13)6-10(14)4-8/h3-4,6-7,11-12,16H,2,5,15H2,1H3. The second kappa shape index (κ2) is 4.82. The SMILES string of the molecule is CC1CC1C(Cc1cc(F)cc(Br)c1)NN. The van der Waals surface area contributed by atoms with Gasteiger partial charge in [-0.1, -0.05) is 22.9 Å². The van der Waals surface area contributed by atoms with Crippen LogP contribution in [-0.2, 0) is 6.42 Å². The molecule has 2 nitrogen and oxygen atoms in total. The van der Waals surface area contributed by atoms with E-state index in [2.05, 4.69) is 28.3 Å². The van der Waals surface area contributed by atoms with Gasteiger partial charge in [0.15, 0.2) is 0 Å². The second-order valence-electron chi connectivity index (χ2n) is 4.63. The molecule has 0 radical (unpaired) electrons.